The first-order valence-electron chi connectivity index (χ1n) is 6.59. The van der Waals surface area contributed by atoms with Crippen LogP contribution in [0.1, 0.15) is 26.3 Å². The molecule has 1 N–H and O–H groups in total. The minimum Gasteiger partial charge on any atom is -0.478 e. The Morgan fingerprint density at radius 2 is 1.79 bits per heavy atom. The maximum Gasteiger partial charge on any atom is 0.335 e. The van der Waals surface area contributed by atoms with Gasteiger partial charge in [-0.15, -0.1) is 0 Å². The third kappa shape index (κ3) is 3.78. The van der Waals surface area contributed by atoms with E-state index < -0.39 is 34.9 Å². The number of carbonyl (C=O) groups is 2. The predicted molar refractivity (Wildman–Crippen MR) is 79.4 cm³/mol. The van der Waals surface area contributed by atoms with Crippen molar-refractivity contribution in [3.63, 3.8) is 0 Å². The van der Waals surface area contributed by atoms with E-state index in [4.69, 9.17) is 5.11 Å². The lowest BCUT2D eigenvalue weighted by Gasteiger charge is -2.11. The van der Waals surface area contributed by atoms with Gasteiger partial charge in [0.1, 0.15) is 17.5 Å². The SMILES string of the molecule is CN(/N=C/c1ccc(C(=O)O)cc1F)C(=O)c1ccc(F)cc1F. The molecule has 2 aromatic rings. The van der Waals surface area contributed by atoms with Crippen LogP contribution in [0.15, 0.2) is 41.5 Å². The third-order valence-electron chi connectivity index (χ3n) is 3.07. The van der Waals surface area contributed by atoms with Crippen LogP contribution < -0.4 is 0 Å². The Bertz CT molecular complexity index is 837. The van der Waals surface area contributed by atoms with Crippen molar-refractivity contribution in [3.05, 3.63) is 70.5 Å². The highest BCUT2D eigenvalue weighted by molar-refractivity contribution is 5.95. The summed E-state index contributed by atoms with van der Waals surface area (Å²) < 4.78 is 40.1. The molecular formula is C16H11F3N2O3. The minimum atomic E-state index is -1.28. The molecule has 0 spiro atoms. The van der Waals surface area contributed by atoms with Gasteiger partial charge in [-0.05, 0) is 30.3 Å². The molecule has 0 atom stereocenters. The number of aromatic carboxylic acids is 1. The van der Waals surface area contributed by atoms with Crippen LogP contribution in [-0.4, -0.2) is 35.3 Å². The van der Waals surface area contributed by atoms with E-state index in [1.54, 1.807) is 0 Å². The molecule has 8 heteroatoms. The van der Waals surface area contributed by atoms with Gasteiger partial charge in [-0.25, -0.2) is 23.0 Å². The number of hydrogen-bond acceptors (Lipinski definition) is 3. The molecule has 0 aliphatic heterocycles. The largest absolute Gasteiger partial charge is 0.478 e. The lowest BCUT2D eigenvalue weighted by atomic mass is 10.1. The standard InChI is InChI=1S/C16H11F3N2O3/c1-21(15(22)12-5-4-11(17)7-14(12)19)20-8-10-3-2-9(16(23)24)6-13(10)18/h2-8H,1H3,(H,23,24)/b20-8+. The molecule has 0 radical (unpaired) electrons. The summed E-state index contributed by atoms with van der Waals surface area (Å²) in [5.41, 5.74) is -0.681. The second-order valence-electron chi connectivity index (χ2n) is 4.74. The molecule has 0 aliphatic rings. The molecule has 2 rings (SSSR count). The molecular weight excluding hydrogens is 325 g/mol. The predicted octanol–water partition coefficient (Wildman–Crippen LogP) is 2.91. The maximum absolute atomic E-state index is 13.7. The topological polar surface area (TPSA) is 70.0 Å². The van der Waals surface area contributed by atoms with E-state index in [0.29, 0.717) is 6.07 Å². The van der Waals surface area contributed by atoms with Gasteiger partial charge in [0.05, 0.1) is 17.3 Å². The van der Waals surface area contributed by atoms with Crippen molar-refractivity contribution in [2.24, 2.45) is 5.10 Å². The van der Waals surface area contributed by atoms with E-state index in [-0.39, 0.29) is 11.1 Å². The molecule has 124 valence electrons. The van der Waals surface area contributed by atoms with Crippen LogP contribution in [0.3, 0.4) is 0 Å². The molecule has 0 aliphatic carbocycles. The fourth-order valence-electron chi connectivity index (χ4n) is 1.80. The normalized spacial score (nSPS) is 10.8. The van der Waals surface area contributed by atoms with E-state index in [1.165, 1.54) is 19.2 Å². The molecule has 0 saturated heterocycles. The Labute approximate surface area is 134 Å². The number of hydrazone groups is 1. The number of hydrogen-bond donors (Lipinski definition) is 1. The first kappa shape index (κ1) is 17.2. The summed E-state index contributed by atoms with van der Waals surface area (Å²) in [4.78, 5) is 22.7. The minimum absolute atomic E-state index is 0.0563. The lowest BCUT2D eigenvalue weighted by Crippen LogP contribution is -2.22. The number of carbonyl (C=O) groups excluding carboxylic acids is 1. The first-order chi connectivity index (χ1) is 11.3. The Kier molecular flexibility index (Phi) is 4.98. The number of amides is 1. The van der Waals surface area contributed by atoms with Crippen molar-refractivity contribution < 1.29 is 27.9 Å². The quantitative estimate of drug-likeness (QED) is 0.689. The Morgan fingerprint density at radius 1 is 1.08 bits per heavy atom. The van der Waals surface area contributed by atoms with Gasteiger partial charge in [0.15, 0.2) is 0 Å². The zero-order chi connectivity index (χ0) is 17.9. The van der Waals surface area contributed by atoms with Gasteiger partial charge in [-0.3, -0.25) is 4.79 Å². The smallest absolute Gasteiger partial charge is 0.335 e. The van der Waals surface area contributed by atoms with Gasteiger partial charge in [0.2, 0.25) is 0 Å². The van der Waals surface area contributed by atoms with Gasteiger partial charge >= 0.3 is 5.97 Å². The van der Waals surface area contributed by atoms with Crippen LogP contribution in [0.4, 0.5) is 13.2 Å². The van der Waals surface area contributed by atoms with Crippen LogP contribution >= 0.6 is 0 Å². The van der Waals surface area contributed by atoms with Crippen LogP contribution in [0.5, 0.6) is 0 Å². The Morgan fingerprint density at radius 3 is 2.38 bits per heavy atom. The van der Waals surface area contributed by atoms with Gasteiger partial charge in [0, 0.05) is 18.7 Å². The van der Waals surface area contributed by atoms with E-state index in [0.717, 1.165) is 29.4 Å². The molecule has 0 heterocycles. The first-order valence-corrected chi connectivity index (χ1v) is 6.59. The van der Waals surface area contributed by atoms with E-state index in [1.807, 2.05) is 0 Å². The summed E-state index contributed by atoms with van der Waals surface area (Å²) in [7, 11) is 1.21. The number of rotatable bonds is 4. The molecule has 0 fully saturated rings. The average molecular weight is 336 g/mol. The van der Waals surface area contributed by atoms with Gasteiger partial charge in [-0.1, -0.05) is 0 Å². The summed E-state index contributed by atoms with van der Waals surface area (Å²) in [5, 5.41) is 13.2. The summed E-state index contributed by atoms with van der Waals surface area (Å²) in [5.74, 6) is -4.84. The highest BCUT2D eigenvalue weighted by Crippen LogP contribution is 2.13. The van der Waals surface area contributed by atoms with Crippen molar-refractivity contribution in [3.8, 4) is 0 Å². The maximum atomic E-state index is 13.7. The van der Waals surface area contributed by atoms with Crippen molar-refractivity contribution in [2.75, 3.05) is 7.05 Å². The molecule has 0 saturated carbocycles. The summed E-state index contributed by atoms with van der Waals surface area (Å²) in [6.45, 7) is 0. The number of carboxylic acid groups (broad SMARTS) is 1. The second-order valence-corrected chi connectivity index (χ2v) is 4.74. The van der Waals surface area contributed by atoms with Gasteiger partial charge in [-0.2, -0.15) is 5.10 Å². The molecule has 24 heavy (non-hydrogen) atoms. The monoisotopic (exact) mass is 336 g/mol. The highest BCUT2D eigenvalue weighted by atomic mass is 19.1. The summed E-state index contributed by atoms with van der Waals surface area (Å²) >= 11 is 0. The van der Waals surface area contributed by atoms with Gasteiger partial charge < -0.3 is 5.11 Å². The molecule has 5 nitrogen and oxygen atoms in total. The van der Waals surface area contributed by atoms with Crippen molar-refractivity contribution in [1.82, 2.24) is 5.01 Å². The molecule has 2 aromatic carbocycles. The van der Waals surface area contributed by atoms with Crippen molar-refractivity contribution >= 4 is 18.1 Å². The van der Waals surface area contributed by atoms with E-state index in [2.05, 4.69) is 5.10 Å². The highest BCUT2D eigenvalue weighted by Gasteiger charge is 2.16. The van der Waals surface area contributed by atoms with Crippen molar-refractivity contribution in [2.45, 2.75) is 0 Å². The molecule has 0 aromatic heterocycles. The summed E-state index contributed by atoms with van der Waals surface area (Å²) in [6.07, 6.45) is 0.986. The zero-order valence-corrected chi connectivity index (χ0v) is 12.3. The third-order valence-corrected chi connectivity index (χ3v) is 3.07. The number of benzene rings is 2. The van der Waals surface area contributed by atoms with Crippen LogP contribution in [-0.2, 0) is 0 Å². The number of nitrogens with zero attached hydrogens (tertiary/aromatic N) is 2. The number of halogens is 3. The fourth-order valence-corrected chi connectivity index (χ4v) is 1.80. The average Bonchev–Trinajstić information content (AvgIpc) is 2.52. The molecule has 0 unspecified atom stereocenters. The summed E-state index contributed by atoms with van der Waals surface area (Å²) in [6, 6.07) is 5.63. The lowest BCUT2D eigenvalue weighted by molar-refractivity contribution is 0.0695. The zero-order valence-electron chi connectivity index (χ0n) is 12.3. The Balaban J connectivity index is 2.19. The molecule has 1 amide bonds. The second kappa shape index (κ2) is 6.95. The van der Waals surface area contributed by atoms with Gasteiger partial charge in [0.25, 0.3) is 5.91 Å². The fraction of sp³-hybridized carbons (Fsp3) is 0.0625. The van der Waals surface area contributed by atoms with Crippen molar-refractivity contribution in [1.29, 1.82) is 0 Å². The Hall–Kier alpha value is -3.16. The van der Waals surface area contributed by atoms with Crippen LogP contribution in [0.2, 0.25) is 0 Å². The molecule has 0 bridgehead atoms. The van der Waals surface area contributed by atoms with Crippen LogP contribution in [0, 0.1) is 17.5 Å². The van der Waals surface area contributed by atoms with E-state index in [9.17, 15) is 22.8 Å². The van der Waals surface area contributed by atoms with E-state index >= 15 is 0 Å². The number of carboxylic acids is 1. The van der Waals surface area contributed by atoms with Crippen LogP contribution in [0.25, 0.3) is 0 Å².